The van der Waals surface area contributed by atoms with Crippen molar-refractivity contribution in [3.8, 4) is 33.4 Å². The van der Waals surface area contributed by atoms with Gasteiger partial charge in [-0.15, -0.1) is 0 Å². The van der Waals surface area contributed by atoms with E-state index in [4.69, 9.17) is 0 Å². The molecule has 0 heterocycles. The van der Waals surface area contributed by atoms with E-state index in [2.05, 4.69) is 179 Å². The molecule has 4 aliphatic rings. The van der Waals surface area contributed by atoms with Crippen LogP contribution < -0.4 is 4.90 Å². The van der Waals surface area contributed by atoms with Crippen LogP contribution in [0.5, 0.6) is 0 Å². The van der Waals surface area contributed by atoms with Crippen molar-refractivity contribution in [2.24, 2.45) is 17.8 Å². The normalized spacial score (nSPS) is 24.1. The molecule has 270 valence electrons. The van der Waals surface area contributed by atoms with Crippen molar-refractivity contribution >= 4 is 17.1 Å². The number of nitrogens with zero attached hydrogens (tertiary/aromatic N) is 1. The summed E-state index contributed by atoms with van der Waals surface area (Å²) in [5, 5.41) is 0. The SMILES string of the molecule is CC1CC2CCC3(c4ccccc4-c4ccc(N(c5ccc(-c6ccccc6)cc5)c5ccc(-c6ccc7c(c6)C(C)(C)CCC7(C)C)cc5)cc43)C2C1. The van der Waals surface area contributed by atoms with Crippen LogP contribution in [-0.2, 0) is 16.2 Å². The molecule has 4 atom stereocenters. The molecule has 6 aromatic carbocycles. The van der Waals surface area contributed by atoms with Crippen molar-refractivity contribution in [3.05, 3.63) is 162 Å². The number of hydrogen-bond donors (Lipinski definition) is 0. The van der Waals surface area contributed by atoms with Gasteiger partial charge in [0.2, 0.25) is 0 Å². The summed E-state index contributed by atoms with van der Waals surface area (Å²) in [7, 11) is 0. The zero-order valence-electron chi connectivity index (χ0n) is 32.7. The quantitative estimate of drug-likeness (QED) is 0.173. The second-order valence-corrected chi connectivity index (χ2v) is 18.6. The van der Waals surface area contributed by atoms with E-state index in [0.717, 1.165) is 17.8 Å². The maximum atomic E-state index is 2.59. The predicted molar refractivity (Wildman–Crippen MR) is 228 cm³/mol. The van der Waals surface area contributed by atoms with Crippen LogP contribution >= 0.6 is 0 Å². The van der Waals surface area contributed by atoms with Crippen LogP contribution in [0.25, 0.3) is 33.4 Å². The van der Waals surface area contributed by atoms with Crippen molar-refractivity contribution < 1.29 is 0 Å². The van der Waals surface area contributed by atoms with Gasteiger partial charge in [0.15, 0.2) is 0 Å². The minimum Gasteiger partial charge on any atom is -0.310 e. The minimum absolute atomic E-state index is 0.110. The highest BCUT2D eigenvalue weighted by atomic mass is 15.1. The third-order valence-electron chi connectivity index (χ3n) is 14.5. The molecule has 2 saturated carbocycles. The lowest BCUT2D eigenvalue weighted by molar-refractivity contribution is 0.332. The summed E-state index contributed by atoms with van der Waals surface area (Å²) in [6.07, 6.45) is 7.79. The van der Waals surface area contributed by atoms with Gasteiger partial charge in [0.05, 0.1) is 0 Å². The van der Waals surface area contributed by atoms with Gasteiger partial charge in [-0.2, -0.15) is 0 Å². The first-order chi connectivity index (χ1) is 26.1. The third kappa shape index (κ3) is 5.18. The first kappa shape index (κ1) is 33.7. The zero-order chi connectivity index (χ0) is 36.8. The molecular formula is C53H53N. The Hall–Kier alpha value is -4.88. The van der Waals surface area contributed by atoms with Crippen molar-refractivity contribution in [1.29, 1.82) is 0 Å². The van der Waals surface area contributed by atoms with Gasteiger partial charge in [0.25, 0.3) is 0 Å². The van der Waals surface area contributed by atoms with Crippen molar-refractivity contribution in [3.63, 3.8) is 0 Å². The molecule has 0 amide bonds. The summed E-state index contributed by atoms with van der Waals surface area (Å²) < 4.78 is 0. The van der Waals surface area contributed by atoms with Gasteiger partial charge < -0.3 is 4.90 Å². The maximum Gasteiger partial charge on any atom is 0.0465 e. The van der Waals surface area contributed by atoms with Crippen molar-refractivity contribution in [1.82, 2.24) is 0 Å². The summed E-state index contributed by atoms with van der Waals surface area (Å²) in [6.45, 7) is 12.2. The molecule has 0 radical (unpaired) electrons. The van der Waals surface area contributed by atoms with E-state index in [-0.39, 0.29) is 16.2 Å². The highest BCUT2D eigenvalue weighted by molar-refractivity contribution is 5.87. The first-order valence-corrected chi connectivity index (χ1v) is 20.6. The van der Waals surface area contributed by atoms with E-state index in [1.807, 2.05) is 0 Å². The Labute approximate surface area is 323 Å². The standard InChI is InChI=1S/C53H53N/c1-35-31-40-27-28-53(48(40)32-35)46-14-10-9-13-44(46)45-25-24-43(34-49(45)53)54(41-20-15-37(16-21-41)36-11-7-6-8-12-36)42-22-17-38(18-23-42)39-19-26-47-50(33-39)52(4,5)30-29-51(47,2)3/h6-26,33-35,40,48H,27-32H2,1-5H3. The Morgan fingerprint density at radius 2 is 1.04 bits per heavy atom. The smallest absolute Gasteiger partial charge is 0.0465 e. The van der Waals surface area contributed by atoms with Gasteiger partial charge in [-0.05, 0) is 159 Å². The lowest BCUT2D eigenvalue weighted by Crippen LogP contribution is -2.33. The largest absolute Gasteiger partial charge is 0.310 e. The fraction of sp³-hybridized carbons (Fsp3) is 0.321. The Bertz CT molecular complexity index is 2360. The number of benzene rings is 6. The summed E-state index contributed by atoms with van der Waals surface area (Å²) >= 11 is 0. The molecule has 6 aromatic rings. The van der Waals surface area contributed by atoms with Crippen molar-refractivity contribution in [2.45, 2.75) is 89.4 Å². The van der Waals surface area contributed by atoms with Gasteiger partial charge in [-0.1, -0.05) is 138 Å². The van der Waals surface area contributed by atoms with E-state index in [1.54, 1.807) is 11.1 Å². The van der Waals surface area contributed by atoms with Crippen LogP contribution in [0, 0.1) is 17.8 Å². The van der Waals surface area contributed by atoms with Gasteiger partial charge in [0, 0.05) is 22.5 Å². The van der Waals surface area contributed by atoms with Crippen LogP contribution in [0.2, 0.25) is 0 Å². The van der Waals surface area contributed by atoms with E-state index in [1.165, 1.54) is 100 Å². The molecule has 0 saturated heterocycles. The number of anilines is 3. The molecule has 4 unspecified atom stereocenters. The fourth-order valence-corrected chi connectivity index (χ4v) is 11.6. The maximum absolute atomic E-state index is 2.59. The van der Waals surface area contributed by atoms with E-state index >= 15 is 0 Å². The Morgan fingerprint density at radius 1 is 0.463 bits per heavy atom. The molecule has 4 aliphatic carbocycles. The average molecular weight is 704 g/mol. The van der Waals surface area contributed by atoms with Gasteiger partial charge >= 0.3 is 0 Å². The second kappa shape index (κ2) is 12.3. The van der Waals surface area contributed by atoms with E-state index in [9.17, 15) is 0 Å². The molecule has 0 aliphatic heterocycles. The third-order valence-corrected chi connectivity index (χ3v) is 14.5. The highest BCUT2D eigenvalue weighted by Crippen LogP contribution is 2.66. The molecule has 54 heavy (non-hydrogen) atoms. The Kier molecular flexibility index (Phi) is 7.68. The molecule has 10 rings (SSSR count). The van der Waals surface area contributed by atoms with Crippen LogP contribution in [0.3, 0.4) is 0 Å². The average Bonchev–Trinajstić information content (AvgIpc) is 3.84. The molecule has 0 aromatic heterocycles. The monoisotopic (exact) mass is 703 g/mol. The lowest BCUT2D eigenvalue weighted by Gasteiger charge is -2.42. The van der Waals surface area contributed by atoms with Crippen LogP contribution in [0.15, 0.2) is 140 Å². The summed E-state index contributed by atoms with van der Waals surface area (Å²) in [5.41, 5.74) is 18.3. The van der Waals surface area contributed by atoms with Gasteiger partial charge in [-0.3, -0.25) is 0 Å². The fourth-order valence-electron chi connectivity index (χ4n) is 11.6. The molecule has 0 bridgehead atoms. The van der Waals surface area contributed by atoms with E-state index < -0.39 is 0 Å². The zero-order valence-corrected chi connectivity index (χ0v) is 32.7. The topological polar surface area (TPSA) is 3.24 Å². The molecule has 1 spiro atoms. The molecular weight excluding hydrogens is 651 g/mol. The Morgan fingerprint density at radius 3 is 1.76 bits per heavy atom. The first-order valence-electron chi connectivity index (χ1n) is 20.6. The Balaban J connectivity index is 1.09. The molecule has 1 heteroatoms. The van der Waals surface area contributed by atoms with Gasteiger partial charge in [0.1, 0.15) is 0 Å². The van der Waals surface area contributed by atoms with Crippen LogP contribution in [0.1, 0.15) is 95.4 Å². The van der Waals surface area contributed by atoms with E-state index in [0.29, 0.717) is 0 Å². The van der Waals surface area contributed by atoms with Gasteiger partial charge in [-0.25, -0.2) is 0 Å². The number of fused-ring (bicyclic) bond motifs is 8. The van der Waals surface area contributed by atoms with Crippen molar-refractivity contribution in [2.75, 3.05) is 4.90 Å². The summed E-state index contributed by atoms with van der Waals surface area (Å²) in [6, 6.07) is 53.3. The van der Waals surface area contributed by atoms with Crippen LogP contribution in [0.4, 0.5) is 17.1 Å². The second-order valence-electron chi connectivity index (χ2n) is 18.6. The molecule has 2 fully saturated rings. The summed E-state index contributed by atoms with van der Waals surface area (Å²) in [5.74, 6) is 2.36. The number of rotatable bonds is 5. The highest BCUT2D eigenvalue weighted by Gasteiger charge is 2.57. The number of hydrogen-bond acceptors (Lipinski definition) is 1. The minimum atomic E-state index is 0.110. The lowest BCUT2D eigenvalue weighted by atomic mass is 9.63. The molecule has 1 nitrogen and oxygen atoms in total. The molecule has 0 N–H and O–H groups in total. The van der Waals surface area contributed by atoms with Crippen LogP contribution in [-0.4, -0.2) is 0 Å². The predicted octanol–water partition coefficient (Wildman–Crippen LogP) is 14.6. The summed E-state index contributed by atoms with van der Waals surface area (Å²) in [4.78, 5) is 2.50.